The van der Waals surface area contributed by atoms with Gasteiger partial charge in [-0.15, -0.1) is 0 Å². The van der Waals surface area contributed by atoms with E-state index in [1.165, 1.54) is 21.3 Å². The standard InChI is InChI=1S/C30H29NO4/c1-33-27-19-25(20-28(34-2)29(27)35-3)30(32)31-26(18-21-10-6-4-7-11-21)24-16-14-23(15-17-24)22-12-8-5-9-13-22/h4-17,19-20,26H,18H2,1-3H3,(H,31,32). The van der Waals surface area contributed by atoms with Crippen LogP contribution in [0.5, 0.6) is 17.2 Å². The van der Waals surface area contributed by atoms with Crippen molar-refractivity contribution >= 4 is 5.91 Å². The molecule has 0 spiro atoms. The van der Waals surface area contributed by atoms with Gasteiger partial charge < -0.3 is 19.5 Å². The Hall–Kier alpha value is -4.25. The summed E-state index contributed by atoms with van der Waals surface area (Å²) in [6.07, 6.45) is 0.654. The number of carbonyl (C=O) groups excluding carboxylic acids is 1. The molecule has 4 rings (SSSR count). The van der Waals surface area contributed by atoms with Crippen LogP contribution >= 0.6 is 0 Å². The molecule has 5 nitrogen and oxygen atoms in total. The highest BCUT2D eigenvalue weighted by molar-refractivity contribution is 5.96. The van der Waals surface area contributed by atoms with Gasteiger partial charge >= 0.3 is 0 Å². The molecule has 0 aromatic heterocycles. The van der Waals surface area contributed by atoms with Gasteiger partial charge in [0, 0.05) is 5.56 Å². The summed E-state index contributed by atoms with van der Waals surface area (Å²) >= 11 is 0. The number of ether oxygens (including phenoxy) is 3. The van der Waals surface area contributed by atoms with Gasteiger partial charge in [-0.25, -0.2) is 0 Å². The molecule has 0 aliphatic heterocycles. The first-order valence-corrected chi connectivity index (χ1v) is 11.4. The molecule has 0 saturated heterocycles. The average Bonchev–Trinajstić information content (AvgIpc) is 2.92. The van der Waals surface area contributed by atoms with Gasteiger partial charge in [-0.05, 0) is 40.8 Å². The number of hydrogen-bond acceptors (Lipinski definition) is 4. The van der Waals surface area contributed by atoms with Gasteiger partial charge in [0.05, 0.1) is 27.4 Å². The van der Waals surface area contributed by atoms with Crippen LogP contribution in [0.4, 0.5) is 0 Å². The fourth-order valence-electron chi connectivity index (χ4n) is 4.09. The van der Waals surface area contributed by atoms with Crippen LogP contribution in [0.25, 0.3) is 11.1 Å². The average molecular weight is 468 g/mol. The minimum Gasteiger partial charge on any atom is -0.493 e. The minimum absolute atomic E-state index is 0.225. The highest BCUT2D eigenvalue weighted by Gasteiger charge is 2.21. The number of carbonyl (C=O) groups is 1. The fraction of sp³-hybridized carbons (Fsp3) is 0.167. The second-order valence-electron chi connectivity index (χ2n) is 8.12. The molecule has 5 heteroatoms. The number of benzene rings is 4. The van der Waals surface area contributed by atoms with E-state index in [1.54, 1.807) is 12.1 Å². The fourth-order valence-corrected chi connectivity index (χ4v) is 4.09. The van der Waals surface area contributed by atoms with Gasteiger partial charge in [0.25, 0.3) is 5.91 Å². The van der Waals surface area contributed by atoms with Crippen LogP contribution in [0, 0.1) is 0 Å². The van der Waals surface area contributed by atoms with Crippen LogP contribution < -0.4 is 19.5 Å². The lowest BCUT2D eigenvalue weighted by Gasteiger charge is -2.21. The Morgan fingerprint density at radius 2 is 1.26 bits per heavy atom. The second kappa shape index (κ2) is 11.3. The summed E-state index contributed by atoms with van der Waals surface area (Å²) in [7, 11) is 4.60. The molecule has 1 unspecified atom stereocenters. The molecular weight excluding hydrogens is 438 g/mol. The Morgan fingerprint density at radius 1 is 0.714 bits per heavy atom. The molecule has 0 aliphatic carbocycles. The molecule has 1 amide bonds. The lowest BCUT2D eigenvalue weighted by atomic mass is 9.96. The quantitative estimate of drug-likeness (QED) is 0.323. The van der Waals surface area contributed by atoms with Crippen molar-refractivity contribution in [2.24, 2.45) is 0 Å². The maximum atomic E-state index is 13.4. The Labute approximate surface area is 206 Å². The maximum absolute atomic E-state index is 13.4. The van der Waals surface area contributed by atoms with E-state index in [4.69, 9.17) is 14.2 Å². The molecule has 0 aliphatic rings. The monoisotopic (exact) mass is 467 g/mol. The summed E-state index contributed by atoms with van der Waals surface area (Å²) in [5.41, 5.74) is 4.87. The first-order valence-electron chi connectivity index (χ1n) is 11.4. The van der Waals surface area contributed by atoms with E-state index in [2.05, 4.69) is 53.8 Å². The summed E-state index contributed by atoms with van der Waals surface area (Å²) < 4.78 is 16.2. The van der Waals surface area contributed by atoms with Gasteiger partial charge in [-0.1, -0.05) is 84.9 Å². The Balaban J connectivity index is 1.64. The Kier molecular flexibility index (Phi) is 7.68. The summed E-state index contributed by atoms with van der Waals surface area (Å²) in [5, 5.41) is 3.21. The van der Waals surface area contributed by atoms with E-state index in [0.29, 0.717) is 29.2 Å². The number of amides is 1. The van der Waals surface area contributed by atoms with Gasteiger partial charge in [0.2, 0.25) is 5.75 Å². The summed E-state index contributed by atoms with van der Waals surface area (Å²) in [6, 6.07) is 31.8. The third kappa shape index (κ3) is 5.64. The smallest absolute Gasteiger partial charge is 0.252 e. The summed E-state index contributed by atoms with van der Waals surface area (Å²) in [4.78, 5) is 13.4. The van der Waals surface area contributed by atoms with E-state index in [0.717, 1.165) is 22.3 Å². The predicted octanol–water partition coefficient (Wildman–Crippen LogP) is 6.09. The molecule has 4 aromatic rings. The molecule has 0 saturated carbocycles. The first kappa shape index (κ1) is 23.9. The predicted molar refractivity (Wildman–Crippen MR) is 138 cm³/mol. The van der Waals surface area contributed by atoms with Crippen LogP contribution in [0.3, 0.4) is 0 Å². The van der Waals surface area contributed by atoms with Gasteiger partial charge in [0.1, 0.15) is 0 Å². The number of nitrogens with one attached hydrogen (secondary N) is 1. The van der Waals surface area contributed by atoms with Crippen LogP contribution in [-0.4, -0.2) is 27.2 Å². The molecule has 178 valence electrons. The number of hydrogen-bond donors (Lipinski definition) is 1. The van der Waals surface area contributed by atoms with Crippen molar-refractivity contribution in [2.75, 3.05) is 21.3 Å². The Morgan fingerprint density at radius 3 is 1.80 bits per heavy atom. The summed E-state index contributed by atoms with van der Waals surface area (Å²) in [6.45, 7) is 0. The summed E-state index contributed by atoms with van der Waals surface area (Å²) in [5.74, 6) is 1.09. The van der Waals surface area contributed by atoms with Crippen molar-refractivity contribution in [1.29, 1.82) is 0 Å². The van der Waals surface area contributed by atoms with E-state index >= 15 is 0 Å². The van der Waals surface area contributed by atoms with Crippen molar-refractivity contribution in [3.63, 3.8) is 0 Å². The molecule has 1 N–H and O–H groups in total. The zero-order valence-corrected chi connectivity index (χ0v) is 20.2. The van der Waals surface area contributed by atoms with Gasteiger partial charge in [-0.2, -0.15) is 0 Å². The molecule has 0 radical (unpaired) electrons. The number of rotatable bonds is 9. The van der Waals surface area contributed by atoms with Gasteiger partial charge in [-0.3, -0.25) is 4.79 Å². The molecule has 0 heterocycles. The normalized spacial score (nSPS) is 11.4. The van der Waals surface area contributed by atoms with Crippen molar-refractivity contribution in [2.45, 2.75) is 12.5 Å². The molecule has 0 bridgehead atoms. The number of methoxy groups -OCH3 is 3. The molecule has 35 heavy (non-hydrogen) atoms. The first-order chi connectivity index (χ1) is 17.1. The lowest BCUT2D eigenvalue weighted by Crippen LogP contribution is -2.30. The van der Waals surface area contributed by atoms with Crippen LogP contribution in [-0.2, 0) is 6.42 Å². The van der Waals surface area contributed by atoms with Crippen LogP contribution in [0.1, 0.15) is 27.5 Å². The molecule has 4 aromatic carbocycles. The second-order valence-corrected chi connectivity index (χ2v) is 8.12. The highest BCUT2D eigenvalue weighted by Crippen LogP contribution is 2.38. The van der Waals surface area contributed by atoms with Crippen molar-refractivity contribution in [3.05, 3.63) is 114 Å². The molecular formula is C30H29NO4. The zero-order valence-electron chi connectivity index (χ0n) is 20.2. The third-order valence-electron chi connectivity index (χ3n) is 5.94. The maximum Gasteiger partial charge on any atom is 0.252 e. The van der Waals surface area contributed by atoms with Crippen molar-refractivity contribution in [3.8, 4) is 28.4 Å². The van der Waals surface area contributed by atoms with Crippen molar-refractivity contribution < 1.29 is 19.0 Å². The van der Waals surface area contributed by atoms with E-state index in [1.807, 2.05) is 36.4 Å². The van der Waals surface area contributed by atoms with E-state index in [-0.39, 0.29) is 11.9 Å². The SMILES string of the molecule is COc1cc(C(=O)NC(Cc2ccccc2)c2ccc(-c3ccccc3)cc2)cc(OC)c1OC. The van der Waals surface area contributed by atoms with Crippen LogP contribution in [0.2, 0.25) is 0 Å². The largest absolute Gasteiger partial charge is 0.493 e. The lowest BCUT2D eigenvalue weighted by molar-refractivity contribution is 0.0935. The highest BCUT2D eigenvalue weighted by atomic mass is 16.5. The van der Waals surface area contributed by atoms with Crippen LogP contribution in [0.15, 0.2) is 97.1 Å². The zero-order chi connectivity index (χ0) is 24.6. The Bertz CT molecular complexity index is 1230. The van der Waals surface area contributed by atoms with Crippen molar-refractivity contribution in [1.82, 2.24) is 5.32 Å². The third-order valence-corrected chi connectivity index (χ3v) is 5.94. The molecule has 0 fully saturated rings. The van der Waals surface area contributed by atoms with E-state index < -0.39 is 0 Å². The van der Waals surface area contributed by atoms with E-state index in [9.17, 15) is 4.79 Å². The molecule has 1 atom stereocenters. The minimum atomic E-state index is -0.228. The van der Waals surface area contributed by atoms with Gasteiger partial charge in [0.15, 0.2) is 11.5 Å². The topological polar surface area (TPSA) is 56.8 Å².